The molecule has 1 heterocycles. The Morgan fingerprint density at radius 1 is 1.30 bits per heavy atom. The number of methoxy groups -OCH3 is 1. The molecule has 1 aromatic heterocycles. The normalized spacial score (nSPS) is 14.0. The minimum Gasteiger partial charge on any atom is -0.371 e. The molecule has 1 aromatic carbocycles. The maximum absolute atomic E-state index is 12.2. The highest BCUT2D eigenvalue weighted by molar-refractivity contribution is 5.62. The molecule has 0 aliphatic carbocycles. The predicted molar refractivity (Wildman–Crippen MR) is 79.7 cm³/mol. The summed E-state index contributed by atoms with van der Waals surface area (Å²) in [5, 5.41) is 0. The van der Waals surface area contributed by atoms with Crippen LogP contribution in [0, 0.1) is 6.92 Å². The summed E-state index contributed by atoms with van der Waals surface area (Å²) in [4.78, 5) is 19.6. The fourth-order valence-corrected chi connectivity index (χ4v) is 2.07. The second kappa shape index (κ2) is 5.59. The number of hydrogen-bond acceptors (Lipinski definition) is 3. The van der Waals surface area contributed by atoms with Gasteiger partial charge in [0.15, 0.2) is 0 Å². The van der Waals surface area contributed by atoms with Crippen LogP contribution in [0.5, 0.6) is 0 Å². The minimum atomic E-state index is -0.587. The van der Waals surface area contributed by atoms with Crippen molar-refractivity contribution in [3.05, 3.63) is 52.1 Å². The Kier molecular flexibility index (Phi) is 4.04. The highest BCUT2D eigenvalue weighted by atomic mass is 16.5. The fraction of sp³-hybridized carbons (Fsp3) is 0.375. The van der Waals surface area contributed by atoms with Crippen LogP contribution in [0.25, 0.3) is 11.3 Å². The zero-order chi connectivity index (χ0) is 14.8. The van der Waals surface area contributed by atoms with Gasteiger partial charge in [0, 0.05) is 18.2 Å². The molecule has 106 valence electrons. The van der Waals surface area contributed by atoms with Crippen molar-refractivity contribution in [2.75, 3.05) is 7.11 Å². The van der Waals surface area contributed by atoms with Gasteiger partial charge in [0.1, 0.15) is 11.4 Å². The summed E-state index contributed by atoms with van der Waals surface area (Å²) < 4.78 is 5.53. The number of rotatable bonds is 4. The highest BCUT2D eigenvalue weighted by Gasteiger charge is 2.28. The van der Waals surface area contributed by atoms with Crippen LogP contribution in [0.2, 0.25) is 0 Å². The van der Waals surface area contributed by atoms with E-state index in [-0.39, 0.29) is 5.56 Å². The maximum Gasteiger partial charge on any atom is 0.254 e. The average molecular weight is 272 g/mol. The Hall–Kier alpha value is -1.94. The van der Waals surface area contributed by atoms with E-state index in [0.717, 1.165) is 12.0 Å². The summed E-state index contributed by atoms with van der Waals surface area (Å²) in [6.45, 7) is 5.72. The van der Waals surface area contributed by atoms with Gasteiger partial charge in [-0.05, 0) is 20.3 Å². The van der Waals surface area contributed by atoms with Gasteiger partial charge in [0.05, 0.1) is 5.69 Å². The molecule has 0 saturated carbocycles. The van der Waals surface area contributed by atoms with Crippen molar-refractivity contribution < 1.29 is 4.74 Å². The third-order valence-corrected chi connectivity index (χ3v) is 3.82. The standard InChI is InChI=1S/C16H20N2O2/c1-5-16(3,20-4)15-17-13(11(2)14(19)18-15)12-9-7-6-8-10-12/h6-10H,5H2,1-4H3,(H,17,18,19). The molecule has 20 heavy (non-hydrogen) atoms. The molecular weight excluding hydrogens is 252 g/mol. The third-order valence-electron chi connectivity index (χ3n) is 3.82. The third kappa shape index (κ3) is 2.51. The van der Waals surface area contributed by atoms with E-state index in [0.29, 0.717) is 17.1 Å². The van der Waals surface area contributed by atoms with Gasteiger partial charge in [-0.25, -0.2) is 4.98 Å². The van der Waals surface area contributed by atoms with Crippen molar-refractivity contribution in [2.45, 2.75) is 32.8 Å². The van der Waals surface area contributed by atoms with Gasteiger partial charge < -0.3 is 9.72 Å². The zero-order valence-corrected chi connectivity index (χ0v) is 12.4. The van der Waals surface area contributed by atoms with Crippen molar-refractivity contribution in [3.63, 3.8) is 0 Å². The number of nitrogens with zero attached hydrogens (tertiary/aromatic N) is 1. The van der Waals surface area contributed by atoms with E-state index >= 15 is 0 Å². The summed E-state index contributed by atoms with van der Waals surface area (Å²) in [5.41, 5.74) is 1.56. The number of aromatic amines is 1. The van der Waals surface area contributed by atoms with Crippen LogP contribution in [0.15, 0.2) is 35.1 Å². The van der Waals surface area contributed by atoms with Crippen LogP contribution in [-0.4, -0.2) is 17.1 Å². The molecule has 4 heteroatoms. The molecule has 0 saturated heterocycles. The van der Waals surface area contributed by atoms with Gasteiger partial charge in [-0.3, -0.25) is 4.79 Å². The van der Waals surface area contributed by atoms with Gasteiger partial charge >= 0.3 is 0 Å². The quantitative estimate of drug-likeness (QED) is 0.930. The second-order valence-electron chi connectivity index (χ2n) is 5.04. The van der Waals surface area contributed by atoms with E-state index < -0.39 is 5.60 Å². The molecule has 0 radical (unpaired) electrons. The monoisotopic (exact) mass is 272 g/mol. The number of nitrogens with one attached hydrogen (secondary N) is 1. The molecule has 0 spiro atoms. The van der Waals surface area contributed by atoms with E-state index in [4.69, 9.17) is 4.74 Å². The Balaban J connectivity index is 2.66. The lowest BCUT2D eigenvalue weighted by molar-refractivity contribution is -0.00910. The highest BCUT2D eigenvalue weighted by Crippen LogP contribution is 2.27. The van der Waals surface area contributed by atoms with Crippen molar-refractivity contribution in [3.8, 4) is 11.3 Å². The number of ether oxygens (including phenoxy) is 1. The van der Waals surface area contributed by atoms with Crippen LogP contribution in [0.3, 0.4) is 0 Å². The van der Waals surface area contributed by atoms with Crippen LogP contribution in [0.1, 0.15) is 31.7 Å². The van der Waals surface area contributed by atoms with E-state index in [1.165, 1.54) is 0 Å². The van der Waals surface area contributed by atoms with E-state index in [2.05, 4.69) is 9.97 Å². The van der Waals surface area contributed by atoms with E-state index in [9.17, 15) is 4.79 Å². The lowest BCUT2D eigenvalue weighted by Crippen LogP contribution is -2.30. The topological polar surface area (TPSA) is 55.0 Å². The molecule has 4 nitrogen and oxygen atoms in total. The summed E-state index contributed by atoms with van der Waals surface area (Å²) in [6.07, 6.45) is 0.726. The van der Waals surface area contributed by atoms with Gasteiger partial charge in [-0.1, -0.05) is 37.3 Å². The lowest BCUT2D eigenvalue weighted by Gasteiger charge is -2.26. The van der Waals surface area contributed by atoms with Gasteiger partial charge in [0.25, 0.3) is 5.56 Å². The first kappa shape index (κ1) is 14.5. The molecule has 2 aromatic rings. The Bertz CT molecular complexity index is 643. The van der Waals surface area contributed by atoms with Crippen molar-refractivity contribution in [1.82, 2.24) is 9.97 Å². The van der Waals surface area contributed by atoms with Crippen molar-refractivity contribution in [1.29, 1.82) is 0 Å². The summed E-state index contributed by atoms with van der Waals surface area (Å²) in [6, 6.07) is 9.72. The molecule has 1 N–H and O–H groups in total. The number of aromatic nitrogens is 2. The van der Waals surface area contributed by atoms with Crippen LogP contribution in [-0.2, 0) is 10.3 Å². The Labute approximate surface area is 118 Å². The van der Waals surface area contributed by atoms with Crippen molar-refractivity contribution >= 4 is 0 Å². The Morgan fingerprint density at radius 3 is 2.50 bits per heavy atom. The molecule has 0 amide bonds. The first-order valence-electron chi connectivity index (χ1n) is 6.74. The first-order chi connectivity index (χ1) is 9.51. The number of hydrogen-bond donors (Lipinski definition) is 1. The molecule has 0 aliphatic rings. The zero-order valence-electron chi connectivity index (χ0n) is 12.4. The molecular formula is C16H20N2O2. The van der Waals surface area contributed by atoms with Gasteiger partial charge in [-0.2, -0.15) is 0 Å². The largest absolute Gasteiger partial charge is 0.371 e. The second-order valence-corrected chi connectivity index (χ2v) is 5.04. The molecule has 0 bridgehead atoms. The average Bonchev–Trinajstić information content (AvgIpc) is 2.50. The van der Waals surface area contributed by atoms with Gasteiger partial charge in [0.2, 0.25) is 0 Å². The van der Waals surface area contributed by atoms with Crippen LogP contribution in [0.4, 0.5) is 0 Å². The van der Waals surface area contributed by atoms with Gasteiger partial charge in [-0.15, -0.1) is 0 Å². The number of H-pyrrole nitrogens is 1. The molecule has 1 unspecified atom stereocenters. The molecule has 0 aliphatic heterocycles. The summed E-state index contributed by atoms with van der Waals surface area (Å²) >= 11 is 0. The lowest BCUT2D eigenvalue weighted by atomic mass is 10.0. The molecule has 2 rings (SSSR count). The van der Waals surface area contributed by atoms with E-state index in [1.807, 2.05) is 44.2 Å². The Morgan fingerprint density at radius 2 is 1.95 bits per heavy atom. The predicted octanol–water partition coefficient (Wildman–Crippen LogP) is 3.02. The minimum absolute atomic E-state index is 0.120. The maximum atomic E-state index is 12.2. The number of benzene rings is 1. The summed E-state index contributed by atoms with van der Waals surface area (Å²) in [7, 11) is 1.63. The fourth-order valence-electron chi connectivity index (χ4n) is 2.07. The summed E-state index contributed by atoms with van der Waals surface area (Å²) in [5.74, 6) is 0.567. The molecule has 1 atom stereocenters. The van der Waals surface area contributed by atoms with Crippen LogP contribution >= 0.6 is 0 Å². The van der Waals surface area contributed by atoms with Crippen LogP contribution < -0.4 is 5.56 Å². The smallest absolute Gasteiger partial charge is 0.254 e. The van der Waals surface area contributed by atoms with E-state index in [1.54, 1.807) is 14.0 Å². The molecule has 0 fully saturated rings. The van der Waals surface area contributed by atoms with Crippen molar-refractivity contribution in [2.24, 2.45) is 0 Å². The first-order valence-corrected chi connectivity index (χ1v) is 6.74. The SMILES string of the molecule is CCC(C)(OC)c1nc(-c2ccccc2)c(C)c(=O)[nH]1.